The minimum atomic E-state index is -0.224. The maximum absolute atomic E-state index is 13.2. The lowest BCUT2D eigenvalue weighted by atomic mass is 10.0. The van der Waals surface area contributed by atoms with Gasteiger partial charge in [0.15, 0.2) is 0 Å². The molecule has 35 heavy (non-hydrogen) atoms. The van der Waals surface area contributed by atoms with Crippen LogP contribution in [0, 0.1) is 19.7 Å². The van der Waals surface area contributed by atoms with Crippen LogP contribution in [0.25, 0.3) is 16.8 Å². The number of imidazole rings is 1. The van der Waals surface area contributed by atoms with E-state index in [1.54, 1.807) is 7.11 Å². The summed E-state index contributed by atoms with van der Waals surface area (Å²) in [7, 11) is 1.69. The van der Waals surface area contributed by atoms with Gasteiger partial charge in [0.1, 0.15) is 22.9 Å². The number of nitrogens with zero attached hydrogens (tertiary/aromatic N) is 4. The first kappa shape index (κ1) is 23.1. The van der Waals surface area contributed by atoms with Gasteiger partial charge in [0.25, 0.3) is 5.91 Å². The number of hydrogen-bond donors (Lipinski definition) is 0. The van der Waals surface area contributed by atoms with Crippen LogP contribution in [0.15, 0.2) is 60.9 Å². The van der Waals surface area contributed by atoms with Crippen molar-refractivity contribution in [3.8, 4) is 16.9 Å². The van der Waals surface area contributed by atoms with Gasteiger partial charge in [-0.2, -0.15) is 0 Å². The molecular weight excluding hydrogens is 443 g/mol. The number of aryl methyl sites for hydroxylation is 2. The van der Waals surface area contributed by atoms with Gasteiger partial charge in [-0.15, -0.1) is 0 Å². The van der Waals surface area contributed by atoms with E-state index in [0.29, 0.717) is 18.8 Å². The molecule has 4 aromatic rings. The summed E-state index contributed by atoms with van der Waals surface area (Å²) < 4.78 is 20.6. The Morgan fingerprint density at radius 1 is 0.943 bits per heavy atom. The quantitative estimate of drug-likeness (QED) is 0.422. The van der Waals surface area contributed by atoms with E-state index < -0.39 is 0 Å². The Bertz CT molecular complexity index is 1350. The molecule has 0 N–H and O–H groups in total. The lowest BCUT2D eigenvalue weighted by Crippen LogP contribution is -2.48. The number of rotatable bonds is 5. The number of pyridine rings is 1. The maximum Gasteiger partial charge on any atom is 0.274 e. The fraction of sp³-hybridized carbons (Fsp3) is 0.286. The third kappa shape index (κ3) is 4.77. The molecule has 0 atom stereocenters. The Morgan fingerprint density at radius 3 is 2.29 bits per heavy atom. The van der Waals surface area contributed by atoms with Crippen molar-refractivity contribution >= 4 is 11.6 Å². The molecule has 2 aromatic carbocycles. The van der Waals surface area contributed by atoms with Crippen molar-refractivity contribution in [2.75, 3.05) is 33.3 Å². The Hall–Kier alpha value is -3.71. The number of amides is 1. The molecule has 1 aliphatic heterocycles. The highest BCUT2D eigenvalue weighted by Crippen LogP contribution is 2.30. The zero-order chi connectivity index (χ0) is 24.5. The molecule has 7 heteroatoms. The fourth-order valence-electron chi connectivity index (χ4n) is 4.82. The molecule has 1 amide bonds. The highest BCUT2D eigenvalue weighted by atomic mass is 19.1. The molecule has 0 unspecified atom stereocenters. The number of benzene rings is 2. The van der Waals surface area contributed by atoms with Gasteiger partial charge in [-0.1, -0.05) is 12.1 Å². The molecule has 1 saturated heterocycles. The van der Waals surface area contributed by atoms with E-state index in [1.165, 1.54) is 12.1 Å². The summed E-state index contributed by atoms with van der Waals surface area (Å²) in [5, 5.41) is 0. The van der Waals surface area contributed by atoms with Crippen molar-refractivity contribution in [2.24, 2.45) is 0 Å². The van der Waals surface area contributed by atoms with Crippen molar-refractivity contribution in [1.82, 2.24) is 19.2 Å². The fourth-order valence-corrected chi connectivity index (χ4v) is 4.82. The van der Waals surface area contributed by atoms with Crippen LogP contribution in [-0.2, 0) is 6.54 Å². The predicted molar refractivity (Wildman–Crippen MR) is 134 cm³/mol. The Morgan fingerprint density at radius 2 is 1.63 bits per heavy atom. The summed E-state index contributed by atoms with van der Waals surface area (Å²) in [5.74, 6) is 0.633. The number of halogens is 1. The molecule has 0 spiro atoms. The van der Waals surface area contributed by atoms with Gasteiger partial charge in [0.05, 0.1) is 7.11 Å². The SMILES string of the molecule is COc1c(C)cc(-c2ccc3nc(C(=O)N4CCN(Cc5ccc(F)cc5)CC4)cn3c2)cc1C. The second kappa shape index (κ2) is 9.50. The normalized spacial score (nSPS) is 14.5. The van der Waals surface area contributed by atoms with Crippen LogP contribution in [0.5, 0.6) is 5.75 Å². The average molecular weight is 473 g/mol. The van der Waals surface area contributed by atoms with Gasteiger partial charge < -0.3 is 14.0 Å². The first-order chi connectivity index (χ1) is 16.9. The highest BCUT2D eigenvalue weighted by molar-refractivity contribution is 5.93. The van der Waals surface area contributed by atoms with E-state index in [1.807, 2.05) is 59.8 Å². The molecule has 3 heterocycles. The number of hydrogen-bond acceptors (Lipinski definition) is 4. The van der Waals surface area contributed by atoms with E-state index >= 15 is 0 Å². The minimum absolute atomic E-state index is 0.0483. The molecule has 6 nitrogen and oxygen atoms in total. The van der Waals surface area contributed by atoms with Gasteiger partial charge in [0.2, 0.25) is 0 Å². The summed E-state index contributed by atoms with van der Waals surface area (Å²) >= 11 is 0. The smallest absolute Gasteiger partial charge is 0.274 e. The second-order valence-electron chi connectivity index (χ2n) is 9.15. The van der Waals surface area contributed by atoms with Crippen molar-refractivity contribution < 1.29 is 13.9 Å². The molecule has 180 valence electrons. The van der Waals surface area contributed by atoms with Crippen molar-refractivity contribution in [1.29, 1.82) is 0 Å². The summed E-state index contributed by atoms with van der Waals surface area (Å²) in [6.07, 6.45) is 3.83. The zero-order valence-corrected chi connectivity index (χ0v) is 20.3. The molecule has 0 radical (unpaired) electrons. The molecular formula is C28H29FN4O2. The van der Waals surface area contributed by atoms with Crippen LogP contribution in [-0.4, -0.2) is 58.4 Å². The van der Waals surface area contributed by atoms with E-state index in [-0.39, 0.29) is 11.7 Å². The standard InChI is InChI=1S/C28H29FN4O2/c1-19-14-23(15-20(2)27(19)35-3)22-6-9-26-30-25(18-33(26)17-22)28(34)32-12-10-31(11-13-32)16-21-4-7-24(29)8-5-21/h4-9,14-15,17-18H,10-13,16H2,1-3H3. The number of aromatic nitrogens is 2. The van der Waals surface area contributed by atoms with Gasteiger partial charge in [0, 0.05) is 45.1 Å². The van der Waals surface area contributed by atoms with Crippen LogP contribution < -0.4 is 4.74 Å². The third-order valence-electron chi connectivity index (χ3n) is 6.65. The lowest BCUT2D eigenvalue weighted by Gasteiger charge is -2.34. The Labute approximate surface area is 204 Å². The van der Waals surface area contributed by atoms with E-state index in [2.05, 4.69) is 22.0 Å². The Balaban J connectivity index is 1.28. The van der Waals surface area contributed by atoms with Crippen molar-refractivity contribution in [3.05, 3.63) is 89.1 Å². The highest BCUT2D eigenvalue weighted by Gasteiger charge is 2.24. The van der Waals surface area contributed by atoms with E-state index in [9.17, 15) is 9.18 Å². The monoisotopic (exact) mass is 472 g/mol. The van der Waals surface area contributed by atoms with Crippen LogP contribution in [0.3, 0.4) is 0 Å². The predicted octanol–water partition coefficient (Wildman–Crippen LogP) is 4.72. The number of ether oxygens (including phenoxy) is 1. The zero-order valence-electron chi connectivity index (χ0n) is 20.3. The van der Waals surface area contributed by atoms with Crippen molar-refractivity contribution in [2.45, 2.75) is 20.4 Å². The van der Waals surface area contributed by atoms with Gasteiger partial charge in [-0.05, 0) is 78.1 Å². The number of fused-ring (bicyclic) bond motifs is 1. The summed E-state index contributed by atoms with van der Waals surface area (Å²) in [5.41, 5.74) is 6.60. The van der Waals surface area contributed by atoms with Crippen LogP contribution in [0.1, 0.15) is 27.2 Å². The summed E-state index contributed by atoms with van der Waals surface area (Å²) in [6, 6.07) is 14.8. The first-order valence-electron chi connectivity index (χ1n) is 11.8. The van der Waals surface area contributed by atoms with Crippen LogP contribution in [0.2, 0.25) is 0 Å². The number of carbonyl (C=O) groups is 1. The second-order valence-corrected chi connectivity index (χ2v) is 9.15. The molecule has 0 aliphatic carbocycles. The van der Waals surface area contributed by atoms with Gasteiger partial charge in [-0.3, -0.25) is 9.69 Å². The third-order valence-corrected chi connectivity index (χ3v) is 6.65. The molecule has 5 rings (SSSR count). The molecule has 2 aromatic heterocycles. The van der Waals surface area contributed by atoms with E-state index in [4.69, 9.17) is 4.74 Å². The molecule has 1 fully saturated rings. The topological polar surface area (TPSA) is 50.1 Å². The Kier molecular flexibility index (Phi) is 6.26. The molecule has 1 aliphatic rings. The average Bonchev–Trinajstić information content (AvgIpc) is 3.29. The largest absolute Gasteiger partial charge is 0.496 e. The number of carbonyl (C=O) groups excluding carboxylic acids is 1. The maximum atomic E-state index is 13.2. The van der Waals surface area contributed by atoms with Crippen molar-refractivity contribution in [3.63, 3.8) is 0 Å². The van der Waals surface area contributed by atoms with Crippen LogP contribution in [0.4, 0.5) is 4.39 Å². The van der Waals surface area contributed by atoms with E-state index in [0.717, 1.165) is 58.8 Å². The summed E-state index contributed by atoms with van der Waals surface area (Å²) in [4.78, 5) is 21.9. The molecule has 0 bridgehead atoms. The van der Waals surface area contributed by atoms with Gasteiger partial charge >= 0.3 is 0 Å². The lowest BCUT2D eigenvalue weighted by molar-refractivity contribution is 0.0623. The first-order valence-corrected chi connectivity index (χ1v) is 11.8. The molecule has 0 saturated carbocycles. The van der Waals surface area contributed by atoms with Gasteiger partial charge in [-0.25, -0.2) is 9.37 Å². The number of piperazine rings is 1. The minimum Gasteiger partial charge on any atom is -0.496 e. The summed E-state index contributed by atoms with van der Waals surface area (Å²) in [6.45, 7) is 7.67. The number of methoxy groups -OCH3 is 1. The van der Waals surface area contributed by atoms with Crippen LogP contribution >= 0.6 is 0 Å².